The Labute approximate surface area is 78.5 Å². The number of carbonyl (C=O) groups excluding carboxylic acids is 1. The molecule has 0 aromatic heterocycles. The smallest absolute Gasteiger partial charge is 0.170 e. The third-order valence-electron chi connectivity index (χ3n) is 1.83. The highest BCUT2D eigenvalue weighted by molar-refractivity contribution is 9.11. The lowest BCUT2D eigenvalue weighted by Gasteiger charge is -2.15. The summed E-state index contributed by atoms with van der Waals surface area (Å²) in [7, 11) is 0. The summed E-state index contributed by atoms with van der Waals surface area (Å²) in [5.41, 5.74) is 0.825. The first kappa shape index (κ1) is 7.68. The molecule has 0 saturated heterocycles. The number of nitrogens with zero attached hydrogens (tertiary/aromatic N) is 1. The molecule has 0 fully saturated rings. The van der Waals surface area contributed by atoms with Gasteiger partial charge in [0.1, 0.15) is 0 Å². The molecule has 0 bridgehead atoms. The minimum atomic E-state index is -0.172. The molecule has 0 aromatic rings. The van der Waals surface area contributed by atoms with E-state index in [-0.39, 0.29) is 11.7 Å². The second-order valence-corrected chi connectivity index (χ2v) is 3.55. The average Bonchev–Trinajstić information content (AvgIpc) is 2.07. The van der Waals surface area contributed by atoms with E-state index in [9.17, 15) is 4.79 Å². The predicted molar refractivity (Wildman–Crippen MR) is 51.2 cm³/mol. The topological polar surface area (TPSA) is 29.4 Å². The molecule has 0 radical (unpaired) electrons. The van der Waals surface area contributed by atoms with Gasteiger partial charge in [0.25, 0.3) is 0 Å². The molecule has 0 N–H and O–H groups in total. The Bertz CT molecular complexity index is 350. The highest BCUT2D eigenvalue weighted by Crippen LogP contribution is 2.22. The zero-order chi connectivity index (χ0) is 8.55. The number of allylic oxidation sites excluding steroid dienone is 5. The fraction of sp³-hybridized carbons (Fsp3) is 0.111. The van der Waals surface area contributed by atoms with Crippen molar-refractivity contribution in [3.63, 3.8) is 0 Å². The largest absolute Gasteiger partial charge is 0.294 e. The van der Waals surface area contributed by atoms with Crippen molar-refractivity contribution in [1.29, 1.82) is 0 Å². The molecule has 60 valence electrons. The van der Waals surface area contributed by atoms with E-state index in [2.05, 4.69) is 20.9 Å². The summed E-state index contributed by atoms with van der Waals surface area (Å²) < 4.78 is 0.940. The first-order valence-corrected chi connectivity index (χ1v) is 4.40. The van der Waals surface area contributed by atoms with E-state index in [1.54, 1.807) is 6.20 Å². The Morgan fingerprint density at radius 1 is 1.33 bits per heavy atom. The molecule has 0 amide bonds. The zero-order valence-electron chi connectivity index (χ0n) is 6.20. The summed E-state index contributed by atoms with van der Waals surface area (Å²) in [6.45, 7) is 0. The maximum absolute atomic E-state index is 11.3. The second kappa shape index (κ2) is 2.83. The molecule has 0 aromatic carbocycles. The molecule has 3 heteroatoms. The molecule has 2 rings (SSSR count). The summed E-state index contributed by atoms with van der Waals surface area (Å²) in [4.78, 5) is 15.4. The predicted octanol–water partition coefficient (Wildman–Crippen LogP) is 1.99. The van der Waals surface area contributed by atoms with Crippen LogP contribution in [0.4, 0.5) is 0 Å². The van der Waals surface area contributed by atoms with Crippen LogP contribution in [0.5, 0.6) is 0 Å². The molecular weight excluding hydrogens is 218 g/mol. The number of hydrogen-bond donors (Lipinski definition) is 0. The summed E-state index contributed by atoms with van der Waals surface area (Å²) in [5.74, 6) is -0.0734. The molecule has 1 aliphatic heterocycles. The van der Waals surface area contributed by atoms with Crippen molar-refractivity contribution in [3.05, 3.63) is 35.0 Å². The van der Waals surface area contributed by atoms with E-state index in [4.69, 9.17) is 0 Å². The second-order valence-electron chi connectivity index (χ2n) is 2.63. The van der Waals surface area contributed by atoms with Gasteiger partial charge in [0.2, 0.25) is 0 Å². The van der Waals surface area contributed by atoms with Gasteiger partial charge in [-0.2, -0.15) is 0 Å². The van der Waals surface area contributed by atoms with Gasteiger partial charge in [0.05, 0.1) is 11.6 Å². The zero-order valence-corrected chi connectivity index (χ0v) is 7.78. The molecule has 12 heavy (non-hydrogen) atoms. The van der Waals surface area contributed by atoms with Gasteiger partial charge in [-0.1, -0.05) is 22.0 Å². The summed E-state index contributed by atoms with van der Waals surface area (Å²) in [5, 5.41) is 0. The standard InChI is InChI=1S/C9H6BrNO/c10-6-1-2-8-7(5-6)9(12)3-4-11-8/h1-5,7H. The Hall–Kier alpha value is -0.960. The van der Waals surface area contributed by atoms with Crippen LogP contribution in [0.2, 0.25) is 0 Å². The number of fused-ring (bicyclic) bond motifs is 1. The molecule has 2 aliphatic rings. The van der Waals surface area contributed by atoms with Crippen LogP contribution in [0.25, 0.3) is 0 Å². The van der Waals surface area contributed by atoms with Gasteiger partial charge in [-0.25, -0.2) is 0 Å². The maximum Gasteiger partial charge on any atom is 0.170 e. The lowest BCUT2D eigenvalue weighted by molar-refractivity contribution is -0.115. The van der Waals surface area contributed by atoms with E-state index >= 15 is 0 Å². The van der Waals surface area contributed by atoms with Crippen LogP contribution in [0.3, 0.4) is 0 Å². The fourth-order valence-electron chi connectivity index (χ4n) is 1.22. The monoisotopic (exact) mass is 223 g/mol. The maximum atomic E-state index is 11.3. The number of ketones is 1. The number of halogens is 1. The highest BCUT2D eigenvalue weighted by Gasteiger charge is 2.22. The summed E-state index contributed by atoms with van der Waals surface area (Å²) in [6.07, 6.45) is 8.66. The van der Waals surface area contributed by atoms with Gasteiger partial charge < -0.3 is 0 Å². The van der Waals surface area contributed by atoms with Crippen LogP contribution in [0.15, 0.2) is 40.0 Å². The summed E-state index contributed by atoms with van der Waals surface area (Å²) >= 11 is 3.32. The van der Waals surface area contributed by atoms with E-state index in [1.807, 2.05) is 18.2 Å². The number of rotatable bonds is 0. The Balaban J connectivity index is 2.43. The van der Waals surface area contributed by atoms with Crippen LogP contribution in [0.1, 0.15) is 0 Å². The number of aliphatic imine (C=N–C) groups is 1. The molecule has 0 spiro atoms. The van der Waals surface area contributed by atoms with Crippen LogP contribution in [0, 0.1) is 5.92 Å². The van der Waals surface area contributed by atoms with Crippen molar-refractivity contribution in [3.8, 4) is 0 Å². The van der Waals surface area contributed by atoms with E-state index in [0.717, 1.165) is 10.2 Å². The van der Waals surface area contributed by atoms with E-state index < -0.39 is 0 Å². The van der Waals surface area contributed by atoms with Crippen molar-refractivity contribution < 1.29 is 4.79 Å². The minimum absolute atomic E-state index is 0.0984. The van der Waals surface area contributed by atoms with Gasteiger partial charge in [-0.15, -0.1) is 0 Å². The molecular formula is C9H6BrNO. The Morgan fingerprint density at radius 2 is 2.17 bits per heavy atom. The first-order valence-electron chi connectivity index (χ1n) is 3.61. The van der Waals surface area contributed by atoms with Crippen LogP contribution < -0.4 is 0 Å². The molecule has 2 nitrogen and oxygen atoms in total. The van der Waals surface area contributed by atoms with Crippen molar-refractivity contribution in [2.45, 2.75) is 0 Å². The molecule has 1 aliphatic carbocycles. The van der Waals surface area contributed by atoms with Gasteiger partial charge in [0, 0.05) is 16.8 Å². The van der Waals surface area contributed by atoms with Gasteiger partial charge in [-0.05, 0) is 12.2 Å². The third-order valence-corrected chi connectivity index (χ3v) is 2.36. The van der Waals surface area contributed by atoms with Crippen LogP contribution in [-0.2, 0) is 4.79 Å². The highest BCUT2D eigenvalue weighted by atomic mass is 79.9. The average molecular weight is 224 g/mol. The van der Waals surface area contributed by atoms with Crippen LogP contribution >= 0.6 is 15.9 Å². The number of hydrogen-bond acceptors (Lipinski definition) is 2. The van der Waals surface area contributed by atoms with Gasteiger partial charge in [-0.3, -0.25) is 9.79 Å². The Morgan fingerprint density at radius 3 is 3.00 bits per heavy atom. The third kappa shape index (κ3) is 1.20. The van der Waals surface area contributed by atoms with Crippen molar-refractivity contribution >= 4 is 27.4 Å². The minimum Gasteiger partial charge on any atom is -0.294 e. The van der Waals surface area contributed by atoms with E-state index in [1.165, 1.54) is 6.08 Å². The van der Waals surface area contributed by atoms with Crippen molar-refractivity contribution in [2.75, 3.05) is 0 Å². The molecule has 1 unspecified atom stereocenters. The van der Waals surface area contributed by atoms with Crippen LogP contribution in [-0.4, -0.2) is 11.5 Å². The van der Waals surface area contributed by atoms with Crippen molar-refractivity contribution in [2.24, 2.45) is 10.9 Å². The lowest BCUT2D eigenvalue weighted by Crippen LogP contribution is -2.23. The van der Waals surface area contributed by atoms with Gasteiger partial charge >= 0.3 is 0 Å². The van der Waals surface area contributed by atoms with Gasteiger partial charge in [0.15, 0.2) is 5.78 Å². The molecule has 0 saturated carbocycles. The normalized spacial score (nSPS) is 26.4. The first-order chi connectivity index (χ1) is 5.77. The van der Waals surface area contributed by atoms with E-state index in [0.29, 0.717) is 0 Å². The number of carbonyl (C=O) groups is 1. The molecule has 1 atom stereocenters. The van der Waals surface area contributed by atoms with Crippen molar-refractivity contribution in [1.82, 2.24) is 0 Å². The fourth-order valence-corrected chi connectivity index (χ4v) is 1.62. The quantitative estimate of drug-likeness (QED) is 0.618. The molecule has 1 heterocycles. The lowest BCUT2D eigenvalue weighted by atomic mass is 9.92. The SMILES string of the molecule is O=C1C=CN=C2C=CC(Br)=CC12. The Kier molecular flexibility index (Phi) is 1.81. The summed E-state index contributed by atoms with van der Waals surface area (Å²) in [6, 6.07) is 0.